The molecule has 0 saturated carbocycles. The van der Waals surface area contributed by atoms with Crippen molar-refractivity contribution in [1.29, 1.82) is 0 Å². The first-order valence-electron chi connectivity index (χ1n) is 6.30. The van der Waals surface area contributed by atoms with E-state index in [9.17, 15) is 0 Å². The van der Waals surface area contributed by atoms with E-state index in [1.807, 2.05) is 42.1 Å². The normalized spacial score (nSPS) is 11.6. The zero-order valence-electron chi connectivity index (χ0n) is 11.5. The van der Waals surface area contributed by atoms with Crippen LogP contribution in [-0.4, -0.2) is 16.4 Å². The maximum atomic E-state index is 5.43. The zero-order chi connectivity index (χ0) is 13.2. The Labute approximate surface area is 108 Å². The average molecular weight is 244 g/mol. The first-order chi connectivity index (χ1) is 8.50. The second-order valence-corrected chi connectivity index (χ2v) is 5.32. The fourth-order valence-electron chi connectivity index (χ4n) is 1.73. The summed E-state index contributed by atoms with van der Waals surface area (Å²) in [6.07, 6.45) is 2.00. The third kappa shape index (κ3) is 2.73. The van der Waals surface area contributed by atoms with Crippen LogP contribution in [-0.2, 0) is 5.41 Å². The highest BCUT2D eigenvalue weighted by molar-refractivity contribution is 5.37. The summed E-state index contributed by atoms with van der Waals surface area (Å²) in [4.78, 5) is 0. The van der Waals surface area contributed by atoms with Crippen molar-refractivity contribution in [2.45, 2.75) is 33.1 Å². The van der Waals surface area contributed by atoms with Gasteiger partial charge in [-0.05, 0) is 37.3 Å². The van der Waals surface area contributed by atoms with E-state index in [1.165, 1.54) is 0 Å². The molecule has 2 aromatic rings. The standard InChI is InChI=1S/C15H20N2O/c1-5-18-13-8-6-12(7-9-13)17-11-10-14(16-17)15(2,3)4/h6-11H,5H2,1-4H3. The molecule has 1 aromatic heterocycles. The zero-order valence-corrected chi connectivity index (χ0v) is 11.5. The Morgan fingerprint density at radius 3 is 2.28 bits per heavy atom. The third-order valence-electron chi connectivity index (χ3n) is 2.77. The van der Waals surface area contributed by atoms with Crippen molar-refractivity contribution < 1.29 is 4.74 Å². The molecule has 0 aliphatic heterocycles. The monoisotopic (exact) mass is 244 g/mol. The molecular formula is C15H20N2O. The lowest BCUT2D eigenvalue weighted by atomic mass is 9.93. The van der Waals surface area contributed by atoms with Gasteiger partial charge in [-0.2, -0.15) is 5.10 Å². The van der Waals surface area contributed by atoms with Crippen LogP contribution >= 0.6 is 0 Å². The van der Waals surface area contributed by atoms with Crippen molar-refractivity contribution >= 4 is 0 Å². The van der Waals surface area contributed by atoms with Gasteiger partial charge in [0.15, 0.2) is 0 Å². The molecule has 96 valence electrons. The SMILES string of the molecule is CCOc1ccc(-n2ccc(C(C)(C)C)n2)cc1. The summed E-state index contributed by atoms with van der Waals surface area (Å²) < 4.78 is 7.33. The summed E-state index contributed by atoms with van der Waals surface area (Å²) in [5.41, 5.74) is 2.22. The van der Waals surface area contributed by atoms with Crippen molar-refractivity contribution in [1.82, 2.24) is 9.78 Å². The minimum atomic E-state index is 0.0799. The molecule has 0 fully saturated rings. The molecule has 0 aliphatic carbocycles. The van der Waals surface area contributed by atoms with E-state index in [-0.39, 0.29) is 5.41 Å². The Hall–Kier alpha value is -1.77. The molecule has 0 aliphatic rings. The van der Waals surface area contributed by atoms with Gasteiger partial charge in [0.2, 0.25) is 0 Å². The highest BCUT2D eigenvalue weighted by atomic mass is 16.5. The lowest BCUT2D eigenvalue weighted by molar-refractivity contribution is 0.340. The van der Waals surface area contributed by atoms with Crippen LogP contribution in [0.3, 0.4) is 0 Å². The predicted molar refractivity (Wildman–Crippen MR) is 73.4 cm³/mol. The van der Waals surface area contributed by atoms with Gasteiger partial charge in [-0.25, -0.2) is 4.68 Å². The van der Waals surface area contributed by atoms with Crippen LogP contribution in [0, 0.1) is 0 Å². The van der Waals surface area contributed by atoms with E-state index in [2.05, 4.69) is 31.9 Å². The second kappa shape index (κ2) is 4.84. The number of benzene rings is 1. The van der Waals surface area contributed by atoms with Crippen LogP contribution in [0.5, 0.6) is 5.75 Å². The maximum Gasteiger partial charge on any atom is 0.119 e. The molecule has 0 amide bonds. The highest BCUT2D eigenvalue weighted by Gasteiger charge is 2.16. The van der Waals surface area contributed by atoms with Gasteiger partial charge in [-0.3, -0.25) is 0 Å². The van der Waals surface area contributed by atoms with Crippen LogP contribution in [0.2, 0.25) is 0 Å². The van der Waals surface area contributed by atoms with Gasteiger partial charge < -0.3 is 4.74 Å². The largest absolute Gasteiger partial charge is 0.494 e. The number of rotatable bonds is 3. The molecule has 2 rings (SSSR count). The summed E-state index contributed by atoms with van der Waals surface area (Å²) in [5.74, 6) is 0.893. The molecular weight excluding hydrogens is 224 g/mol. The molecule has 3 heteroatoms. The molecule has 0 unspecified atom stereocenters. The van der Waals surface area contributed by atoms with Crippen molar-refractivity contribution in [2.75, 3.05) is 6.61 Å². The molecule has 0 N–H and O–H groups in total. The number of aromatic nitrogens is 2. The van der Waals surface area contributed by atoms with Crippen molar-refractivity contribution in [3.8, 4) is 11.4 Å². The van der Waals surface area contributed by atoms with E-state index in [0.29, 0.717) is 6.61 Å². The third-order valence-corrected chi connectivity index (χ3v) is 2.77. The first kappa shape index (κ1) is 12.7. The average Bonchev–Trinajstić information content (AvgIpc) is 2.79. The van der Waals surface area contributed by atoms with Gasteiger partial charge in [0, 0.05) is 11.6 Å². The number of nitrogens with zero attached hydrogens (tertiary/aromatic N) is 2. The van der Waals surface area contributed by atoms with E-state index < -0.39 is 0 Å². The van der Waals surface area contributed by atoms with Crippen LogP contribution in [0.15, 0.2) is 36.5 Å². The number of hydrogen-bond donors (Lipinski definition) is 0. The summed E-state index contributed by atoms with van der Waals surface area (Å²) in [6.45, 7) is 9.17. The molecule has 3 nitrogen and oxygen atoms in total. The molecule has 0 spiro atoms. The van der Waals surface area contributed by atoms with Crippen LogP contribution < -0.4 is 4.74 Å². The minimum Gasteiger partial charge on any atom is -0.494 e. The van der Waals surface area contributed by atoms with Crippen LogP contribution in [0.4, 0.5) is 0 Å². The van der Waals surface area contributed by atoms with Gasteiger partial charge in [0.05, 0.1) is 18.0 Å². The summed E-state index contributed by atoms with van der Waals surface area (Å²) in [6, 6.07) is 10.0. The van der Waals surface area contributed by atoms with Crippen molar-refractivity contribution in [3.05, 3.63) is 42.2 Å². The van der Waals surface area contributed by atoms with Gasteiger partial charge in [-0.1, -0.05) is 20.8 Å². The summed E-state index contributed by atoms with van der Waals surface area (Å²) in [5, 5.41) is 4.60. The number of ether oxygens (including phenoxy) is 1. The fraction of sp³-hybridized carbons (Fsp3) is 0.400. The smallest absolute Gasteiger partial charge is 0.119 e. The Kier molecular flexibility index (Phi) is 3.41. The van der Waals surface area contributed by atoms with E-state index in [0.717, 1.165) is 17.1 Å². The Morgan fingerprint density at radius 1 is 1.11 bits per heavy atom. The van der Waals surface area contributed by atoms with Gasteiger partial charge >= 0.3 is 0 Å². The molecule has 0 saturated heterocycles. The van der Waals surface area contributed by atoms with Gasteiger partial charge in [-0.15, -0.1) is 0 Å². The Bertz CT molecular complexity index is 506. The van der Waals surface area contributed by atoms with Crippen molar-refractivity contribution in [2.24, 2.45) is 0 Å². The van der Waals surface area contributed by atoms with E-state index >= 15 is 0 Å². The topological polar surface area (TPSA) is 27.1 Å². The first-order valence-corrected chi connectivity index (χ1v) is 6.30. The van der Waals surface area contributed by atoms with Crippen LogP contribution in [0.1, 0.15) is 33.4 Å². The lowest BCUT2D eigenvalue weighted by Crippen LogP contribution is -2.12. The van der Waals surface area contributed by atoms with Crippen molar-refractivity contribution in [3.63, 3.8) is 0 Å². The lowest BCUT2D eigenvalue weighted by Gasteiger charge is -2.14. The van der Waals surface area contributed by atoms with E-state index in [1.54, 1.807) is 0 Å². The summed E-state index contributed by atoms with van der Waals surface area (Å²) in [7, 11) is 0. The van der Waals surface area contributed by atoms with Crippen LogP contribution in [0.25, 0.3) is 5.69 Å². The molecule has 0 atom stereocenters. The summed E-state index contributed by atoms with van der Waals surface area (Å²) >= 11 is 0. The maximum absolute atomic E-state index is 5.43. The molecule has 18 heavy (non-hydrogen) atoms. The molecule has 1 heterocycles. The fourth-order valence-corrected chi connectivity index (χ4v) is 1.73. The number of hydrogen-bond acceptors (Lipinski definition) is 2. The minimum absolute atomic E-state index is 0.0799. The van der Waals surface area contributed by atoms with E-state index in [4.69, 9.17) is 4.74 Å². The van der Waals surface area contributed by atoms with Gasteiger partial charge in [0.1, 0.15) is 5.75 Å². The Morgan fingerprint density at radius 2 is 1.78 bits per heavy atom. The molecule has 0 bridgehead atoms. The second-order valence-electron chi connectivity index (χ2n) is 5.32. The predicted octanol–water partition coefficient (Wildman–Crippen LogP) is 3.57. The molecule has 1 aromatic carbocycles. The molecule has 0 radical (unpaired) electrons. The highest BCUT2D eigenvalue weighted by Crippen LogP contribution is 2.21. The Balaban J connectivity index is 2.23. The van der Waals surface area contributed by atoms with Gasteiger partial charge in [0.25, 0.3) is 0 Å². The quantitative estimate of drug-likeness (QED) is 0.825.